The maximum Gasteiger partial charge on any atom is 0.257 e. The van der Waals surface area contributed by atoms with Crippen molar-refractivity contribution in [3.8, 4) is 17.2 Å². The molecule has 32 heavy (non-hydrogen) atoms. The zero-order valence-corrected chi connectivity index (χ0v) is 17.9. The fourth-order valence-corrected chi connectivity index (χ4v) is 2.54. The third-order valence-electron chi connectivity index (χ3n) is 4.09. The molecule has 0 unspecified atom stereocenters. The van der Waals surface area contributed by atoms with Crippen LogP contribution in [0.15, 0.2) is 60.8 Å². The first-order chi connectivity index (χ1) is 15.4. The highest BCUT2D eigenvalue weighted by molar-refractivity contribution is 6.09. The minimum absolute atomic E-state index is 0.0898. The number of amidine groups is 1. The van der Waals surface area contributed by atoms with Crippen molar-refractivity contribution in [1.29, 1.82) is 10.8 Å². The Bertz CT molecular complexity index is 1020. The minimum atomic E-state index is -0.511. The van der Waals surface area contributed by atoms with E-state index in [9.17, 15) is 9.90 Å². The molecule has 1 atom stereocenters. The van der Waals surface area contributed by atoms with Crippen molar-refractivity contribution in [2.24, 2.45) is 5.73 Å². The number of rotatable bonds is 10. The third-order valence-corrected chi connectivity index (χ3v) is 4.09. The average molecular weight is 438 g/mol. The summed E-state index contributed by atoms with van der Waals surface area (Å²) < 4.78 is 11.5. The van der Waals surface area contributed by atoms with Crippen LogP contribution in [0.25, 0.3) is 5.70 Å². The number of carbonyl (C=O) groups excluding carboxylic acids is 1. The van der Waals surface area contributed by atoms with Crippen molar-refractivity contribution in [1.82, 2.24) is 10.6 Å². The van der Waals surface area contributed by atoms with E-state index < -0.39 is 12.0 Å². The van der Waals surface area contributed by atoms with Crippen LogP contribution < -0.4 is 25.8 Å². The lowest BCUT2D eigenvalue weighted by atomic mass is 10.1. The van der Waals surface area contributed by atoms with Gasteiger partial charge in [-0.1, -0.05) is 0 Å². The van der Waals surface area contributed by atoms with E-state index in [4.69, 9.17) is 26.0 Å². The van der Waals surface area contributed by atoms with E-state index in [1.807, 2.05) is 0 Å². The number of hydrogen-bond donors (Lipinski definition) is 6. The molecule has 0 spiro atoms. The van der Waals surface area contributed by atoms with Crippen molar-refractivity contribution in [2.75, 3.05) is 13.7 Å². The topological polar surface area (TPSA) is 154 Å². The van der Waals surface area contributed by atoms with E-state index in [0.717, 1.165) is 11.8 Å². The summed E-state index contributed by atoms with van der Waals surface area (Å²) in [6.07, 6.45) is 5.03. The van der Waals surface area contributed by atoms with E-state index in [-0.39, 0.29) is 18.0 Å². The van der Waals surface area contributed by atoms with E-state index in [1.165, 1.54) is 30.5 Å². The second kappa shape index (κ2) is 11.9. The molecule has 7 N–H and O–H groups in total. The van der Waals surface area contributed by atoms with Crippen LogP contribution in [0.1, 0.15) is 22.8 Å². The Labute approximate surface area is 186 Å². The molecule has 2 aromatic rings. The molecule has 9 heteroatoms. The quantitative estimate of drug-likeness (QED) is 0.248. The lowest BCUT2D eigenvalue weighted by Gasteiger charge is -2.15. The van der Waals surface area contributed by atoms with Crippen molar-refractivity contribution in [2.45, 2.75) is 13.0 Å². The van der Waals surface area contributed by atoms with Crippen molar-refractivity contribution < 1.29 is 19.4 Å². The lowest BCUT2D eigenvalue weighted by Crippen LogP contribution is -2.28. The molecule has 9 nitrogen and oxygen atoms in total. The summed E-state index contributed by atoms with van der Waals surface area (Å²) in [6, 6.07) is 11.6. The molecular weight excluding hydrogens is 410 g/mol. The Kier molecular flexibility index (Phi) is 9.00. The number of allylic oxidation sites excluding steroid dienone is 1. The fraction of sp³-hybridized carbons (Fsp3) is 0.174. The van der Waals surface area contributed by atoms with Gasteiger partial charge in [0.1, 0.15) is 29.2 Å². The molecule has 0 aromatic heterocycles. The maximum absolute atomic E-state index is 12.6. The van der Waals surface area contributed by atoms with E-state index in [1.54, 1.807) is 44.3 Å². The van der Waals surface area contributed by atoms with Gasteiger partial charge in [0.25, 0.3) is 5.91 Å². The first-order valence-electron chi connectivity index (χ1n) is 9.77. The van der Waals surface area contributed by atoms with Gasteiger partial charge in [-0.15, -0.1) is 0 Å². The first-order valence-corrected chi connectivity index (χ1v) is 9.77. The van der Waals surface area contributed by atoms with Crippen molar-refractivity contribution >= 4 is 23.7 Å². The molecule has 0 aliphatic rings. The largest absolute Gasteiger partial charge is 0.488 e. The Morgan fingerprint density at radius 3 is 2.47 bits per heavy atom. The van der Waals surface area contributed by atoms with Gasteiger partial charge in [0.15, 0.2) is 0 Å². The van der Waals surface area contributed by atoms with Crippen molar-refractivity contribution in [3.05, 3.63) is 71.9 Å². The number of ether oxygens (including phenoxy) is 2. The van der Waals surface area contributed by atoms with Gasteiger partial charge in [0, 0.05) is 30.6 Å². The zero-order valence-electron chi connectivity index (χ0n) is 17.9. The second-order valence-electron chi connectivity index (χ2n) is 6.71. The fourth-order valence-electron chi connectivity index (χ4n) is 2.54. The number of benzene rings is 2. The smallest absolute Gasteiger partial charge is 0.257 e. The summed E-state index contributed by atoms with van der Waals surface area (Å²) in [5.41, 5.74) is 7.29. The predicted octanol–water partition coefficient (Wildman–Crippen LogP) is 2.63. The molecule has 0 bridgehead atoms. The molecule has 2 rings (SSSR count). The molecule has 1 amide bonds. The molecular formula is C23H27N5O4. The van der Waals surface area contributed by atoms with Gasteiger partial charge in [-0.05, 0) is 67.2 Å². The monoisotopic (exact) mass is 437 g/mol. The first kappa shape index (κ1) is 24.2. The highest BCUT2D eigenvalue weighted by Gasteiger charge is 2.13. The van der Waals surface area contributed by atoms with Gasteiger partial charge in [-0.3, -0.25) is 10.2 Å². The second-order valence-corrected chi connectivity index (χ2v) is 6.71. The summed E-state index contributed by atoms with van der Waals surface area (Å²) in [7, 11) is 1.68. The van der Waals surface area contributed by atoms with E-state index >= 15 is 0 Å². The van der Waals surface area contributed by atoms with Gasteiger partial charge < -0.3 is 36.4 Å². The standard InChI is InChI=1S/C23H27N5O4/c1-15(14-29)31-19-11-17(23(30)28-22(26)8-10-27-2)12-20(13-19)32-18-5-3-16(4-6-18)21(25)7-9-24/h3-13,15,24,27,29H,14,25H2,1-2H3,(H2,26,28,30)/b10-8-,21-7?,24-9?/t15-/m0/s1. The van der Waals surface area contributed by atoms with Gasteiger partial charge in [0.05, 0.1) is 6.61 Å². The lowest BCUT2D eigenvalue weighted by molar-refractivity contribution is 0.0975. The summed E-state index contributed by atoms with van der Waals surface area (Å²) in [5.74, 6) is 0.572. The SMILES string of the molecule is CN/C=C\C(=N)NC(=O)c1cc(Oc2ccc(C(N)=CC=N)cc2)cc(O[C@@H](C)CO)c1. The highest BCUT2D eigenvalue weighted by Crippen LogP contribution is 2.29. The Hall–Kier alpha value is -4.11. The number of amides is 1. The predicted molar refractivity (Wildman–Crippen MR) is 124 cm³/mol. The molecule has 2 aromatic carbocycles. The molecule has 0 fully saturated rings. The number of nitrogens with one attached hydrogen (secondary N) is 4. The molecule has 168 valence electrons. The van der Waals surface area contributed by atoms with Gasteiger partial charge in [0.2, 0.25) is 0 Å². The van der Waals surface area contributed by atoms with Crippen LogP contribution in [0.4, 0.5) is 0 Å². The van der Waals surface area contributed by atoms with Crippen LogP contribution in [0, 0.1) is 10.8 Å². The molecule has 0 heterocycles. The van der Waals surface area contributed by atoms with Crippen LogP contribution in [0.2, 0.25) is 0 Å². The number of hydrogen-bond acceptors (Lipinski definition) is 8. The molecule has 0 saturated heterocycles. The maximum atomic E-state index is 12.6. The Morgan fingerprint density at radius 2 is 1.84 bits per heavy atom. The minimum Gasteiger partial charge on any atom is -0.488 e. The van der Waals surface area contributed by atoms with Crippen LogP contribution in [-0.4, -0.2) is 42.8 Å². The molecule has 0 saturated carbocycles. The number of aliphatic hydroxyl groups excluding tert-OH is 1. The highest BCUT2D eigenvalue weighted by atomic mass is 16.5. The van der Waals surface area contributed by atoms with Crippen LogP contribution in [-0.2, 0) is 0 Å². The van der Waals surface area contributed by atoms with Crippen LogP contribution in [0.5, 0.6) is 17.2 Å². The van der Waals surface area contributed by atoms with Crippen LogP contribution in [0.3, 0.4) is 0 Å². The normalized spacial score (nSPS) is 12.2. The number of carbonyl (C=O) groups is 1. The zero-order chi connectivity index (χ0) is 23.5. The average Bonchev–Trinajstić information content (AvgIpc) is 2.78. The van der Waals surface area contributed by atoms with Gasteiger partial charge in [-0.25, -0.2) is 0 Å². The molecule has 0 aliphatic carbocycles. The summed E-state index contributed by atoms with van der Waals surface area (Å²) in [6.45, 7) is 1.49. The van der Waals surface area contributed by atoms with Crippen molar-refractivity contribution in [3.63, 3.8) is 0 Å². The Morgan fingerprint density at radius 1 is 1.16 bits per heavy atom. The molecule has 0 aliphatic heterocycles. The van der Waals surface area contributed by atoms with E-state index in [2.05, 4.69) is 10.6 Å². The Balaban J connectivity index is 2.29. The summed E-state index contributed by atoms with van der Waals surface area (Å²) in [5, 5.41) is 29.4. The third kappa shape index (κ3) is 7.29. The molecule has 0 radical (unpaired) electrons. The van der Waals surface area contributed by atoms with Crippen LogP contribution >= 0.6 is 0 Å². The van der Waals surface area contributed by atoms with Gasteiger partial charge in [-0.2, -0.15) is 0 Å². The number of nitrogens with two attached hydrogens (primary N) is 1. The summed E-state index contributed by atoms with van der Waals surface area (Å²) in [4.78, 5) is 12.6. The summed E-state index contributed by atoms with van der Waals surface area (Å²) >= 11 is 0. The number of aliphatic hydroxyl groups is 1. The van der Waals surface area contributed by atoms with E-state index in [0.29, 0.717) is 22.9 Å². The van der Waals surface area contributed by atoms with Gasteiger partial charge >= 0.3 is 0 Å².